The van der Waals surface area contributed by atoms with Crippen LogP contribution >= 0.6 is 11.3 Å². The summed E-state index contributed by atoms with van der Waals surface area (Å²) in [6, 6.07) is 4.61. The third-order valence-corrected chi connectivity index (χ3v) is 5.28. The Morgan fingerprint density at radius 1 is 1.42 bits per heavy atom. The third kappa shape index (κ3) is 3.00. The molecule has 4 heteroatoms. The maximum atomic E-state index is 12.5. The van der Waals surface area contributed by atoms with Gasteiger partial charge in [-0.05, 0) is 56.1 Å². The molecule has 0 spiro atoms. The van der Waals surface area contributed by atoms with Crippen LogP contribution in [0, 0.1) is 5.92 Å². The van der Waals surface area contributed by atoms with Crippen molar-refractivity contribution in [2.45, 2.75) is 38.1 Å². The summed E-state index contributed by atoms with van der Waals surface area (Å²) in [5, 5.41) is 5.51. The molecule has 2 aliphatic rings. The number of amides is 1. The second kappa shape index (κ2) is 6.06. The molecule has 104 valence electrons. The fourth-order valence-electron chi connectivity index (χ4n) is 3.30. The van der Waals surface area contributed by atoms with Gasteiger partial charge in [0.25, 0.3) is 0 Å². The minimum absolute atomic E-state index is 0.351. The van der Waals surface area contributed by atoms with E-state index in [0.717, 1.165) is 38.9 Å². The van der Waals surface area contributed by atoms with E-state index >= 15 is 0 Å². The fourth-order valence-corrected chi connectivity index (χ4v) is 4.18. The molecule has 2 atom stereocenters. The highest BCUT2D eigenvalue weighted by Crippen LogP contribution is 2.35. The van der Waals surface area contributed by atoms with E-state index in [9.17, 15) is 4.79 Å². The molecule has 1 aromatic rings. The molecular formula is C15H22N2OS. The van der Waals surface area contributed by atoms with Crippen LogP contribution in [-0.4, -0.2) is 30.4 Å². The molecule has 0 saturated carbocycles. The van der Waals surface area contributed by atoms with Crippen molar-refractivity contribution < 1.29 is 4.79 Å². The van der Waals surface area contributed by atoms with E-state index < -0.39 is 0 Å². The van der Waals surface area contributed by atoms with Gasteiger partial charge >= 0.3 is 0 Å². The van der Waals surface area contributed by atoms with Crippen molar-refractivity contribution in [1.29, 1.82) is 0 Å². The lowest BCUT2D eigenvalue weighted by Crippen LogP contribution is -2.36. The van der Waals surface area contributed by atoms with Crippen molar-refractivity contribution >= 4 is 17.2 Å². The maximum Gasteiger partial charge on any atom is 0.223 e. The highest BCUT2D eigenvalue weighted by Gasteiger charge is 2.31. The largest absolute Gasteiger partial charge is 0.335 e. The van der Waals surface area contributed by atoms with E-state index in [2.05, 4.69) is 27.7 Å². The second-order valence-electron chi connectivity index (χ2n) is 5.68. The SMILES string of the molecule is O=C(CC1CCCNC1)N1CCCC1c1cccs1. The van der Waals surface area contributed by atoms with Crippen LogP contribution in [0.5, 0.6) is 0 Å². The molecule has 2 unspecified atom stereocenters. The standard InChI is InChI=1S/C15H22N2OS/c18-15(10-12-4-1-7-16-11-12)17-8-2-5-13(17)14-6-3-9-19-14/h3,6,9,12-13,16H,1-2,4-5,7-8,10-11H2. The molecule has 0 aliphatic carbocycles. The number of rotatable bonds is 3. The van der Waals surface area contributed by atoms with Gasteiger partial charge in [-0.1, -0.05) is 6.07 Å². The highest BCUT2D eigenvalue weighted by atomic mass is 32.1. The Morgan fingerprint density at radius 3 is 3.11 bits per heavy atom. The van der Waals surface area contributed by atoms with Gasteiger partial charge < -0.3 is 10.2 Å². The number of nitrogens with one attached hydrogen (secondary N) is 1. The van der Waals surface area contributed by atoms with Crippen molar-refractivity contribution in [3.63, 3.8) is 0 Å². The predicted molar refractivity (Wildman–Crippen MR) is 78.2 cm³/mol. The summed E-state index contributed by atoms with van der Waals surface area (Å²) >= 11 is 1.78. The lowest BCUT2D eigenvalue weighted by molar-refractivity contribution is -0.133. The Morgan fingerprint density at radius 2 is 2.37 bits per heavy atom. The van der Waals surface area contributed by atoms with Crippen molar-refractivity contribution in [3.8, 4) is 0 Å². The number of thiophene rings is 1. The fraction of sp³-hybridized carbons (Fsp3) is 0.667. The molecule has 0 bridgehead atoms. The third-order valence-electron chi connectivity index (χ3n) is 4.31. The van der Waals surface area contributed by atoms with Crippen LogP contribution in [0.2, 0.25) is 0 Å². The topological polar surface area (TPSA) is 32.3 Å². The second-order valence-corrected chi connectivity index (χ2v) is 6.66. The Hall–Kier alpha value is -0.870. The zero-order valence-corrected chi connectivity index (χ0v) is 12.1. The normalized spacial score (nSPS) is 27.7. The maximum absolute atomic E-state index is 12.5. The molecule has 2 fully saturated rings. The Labute approximate surface area is 119 Å². The van der Waals surface area contributed by atoms with Crippen LogP contribution in [0.4, 0.5) is 0 Å². The minimum Gasteiger partial charge on any atom is -0.335 e. The number of hydrogen-bond acceptors (Lipinski definition) is 3. The van der Waals surface area contributed by atoms with Gasteiger partial charge in [-0.2, -0.15) is 0 Å². The van der Waals surface area contributed by atoms with Gasteiger partial charge in [-0.15, -0.1) is 11.3 Å². The smallest absolute Gasteiger partial charge is 0.223 e. The first-order valence-corrected chi connectivity index (χ1v) is 8.26. The number of carbonyl (C=O) groups is 1. The van der Waals surface area contributed by atoms with Gasteiger partial charge in [0.05, 0.1) is 6.04 Å². The quantitative estimate of drug-likeness (QED) is 0.922. The van der Waals surface area contributed by atoms with E-state index in [-0.39, 0.29) is 0 Å². The van der Waals surface area contributed by atoms with E-state index in [1.54, 1.807) is 11.3 Å². The van der Waals surface area contributed by atoms with Crippen LogP contribution in [0.25, 0.3) is 0 Å². The van der Waals surface area contributed by atoms with Crippen LogP contribution in [0.3, 0.4) is 0 Å². The molecule has 19 heavy (non-hydrogen) atoms. The molecule has 0 aromatic carbocycles. The van der Waals surface area contributed by atoms with E-state index in [1.165, 1.54) is 17.7 Å². The zero-order chi connectivity index (χ0) is 13.1. The molecule has 2 saturated heterocycles. The summed E-state index contributed by atoms with van der Waals surface area (Å²) in [6.45, 7) is 3.08. The minimum atomic E-state index is 0.351. The summed E-state index contributed by atoms with van der Waals surface area (Å²) in [6.07, 6.45) is 5.43. The average molecular weight is 278 g/mol. The van der Waals surface area contributed by atoms with Crippen LogP contribution in [0.15, 0.2) is 17.5 Å². The summed E-state index contributed by atoms with van der Waals surface area (Å²) in [5.74, 6) is 0.912. The summed E-state index contributed by atoms with van der Waals surface area (Å²) < 4.78 is 0. The van der Waals surface area contributed by atoms with Crippen molar-refractivity contribution in [2.24, 2.45) is 5.92 Å². The average Bonchev–Trinajstić information content (AvgIpc) is 3.10. The van der Waals surface area contributed by atoms with E-state index in [0.29, 0.717) is 17.9 Å². The number of piperidine rings is 1. The zero-order valence-electron chi connectivity index (χ0n) is 11.3. The van der Waals surface area contributed by atoms with Crippen LogP contribution < -0.4 is 5.32 Å². The van der Waals surface area contributed by atoms with E-state index in [1.807, 2.05) is 0 Å². The molecule has 3 nitrogen and oxygen atoms in total. The van der Waals surface area contributed by atoms with Gasteiger partial charge in [-0.3, -0.25) is 4.79 Å². The lowest BCUT2D eigenvalue weighted by Gasteiger charge is -2.28. The van der Waals surface area contributed by atoms with Gasteiger partial charge in [-0.25, -0.2) is 0 Å². The predicted octanol–water partition coefficient (Wildman–Crippen LogP) is 2.80. The molecular weight excluding hydrogens is 256 g/mol. The Kier molecular flexibility index (Phi) is 4.18. The van der Waals surface area contributed by atoms with Gasteiger partial charge in [0.1, 0.15) is 0 Å². The Balaban J connectivity index is 1.62. The first-order valence-electron chi connectivity index (χ1n) is 7.38. The highest BCUT2D eigenvalue weighted by molar-refractivity contribution is 7.10. The van der Waals surface area contributed by atoms with Crippen molar-refractivity contribution in [3.05, 3.63) is 22.4 Å². The summed E-state index contributed by atoms with van der Waals surface area (Å²) in [7, 11) is 0. The number of nitrogens with zero attached hydrogens (tertiary/aromatic N) is 1. The molecule has 0 radical (unpaired) electrons. The Bertz CT molecular complexity index is 412. The number of carbonyl (C=O) groups excluding carboxylic acids is 1. The van der Waals surface area contributed by atoms with E-state index in [4.69, 9.17) is 0 Å². The molecule has 2 aliphatic heterocycles. The first-order chi connectivity index (χ1) is 9.34. The lowest BCUT2D eigenvalue weighted by atomic mass is 9.95. The van der Waals surface area contributed by atoms with Crippen molar-refractivity contribution in [1.82, 2.24) is 10.2 Å². The van der Waals surface area contributed by atoms with Crippen LogP contribution in [-0.2, 0) is 4.79 Å². The van der Waals surface area contributed by atoms with Gasteiger partial charge in [0.2, 0.25) is 5.91 Å². The monoisotopic (exact) mass is 278 g/mol. The molecule has 1 N–H and O–H groups in total. The molecule has 3 rings (SSSR count). The number of hydrogen-bond donors (Lipinski definition) is 1. The summed E-state index contributed by atoms with van der Waals surface area (Å²) in [5.41, 5.74) is 0. The number of likely N-dealkylation sites (tertiary alicyclic amines) is 1. The molecule has 1 amide bonds. The van der Waals surface area contributed by atoms with Crippen molar-refractivity contribution in [2.75, 3.05) is 19.6 Å². The van der Waals surface area contributed by atoms with Crippen LogP contribution in [0.1, 0.15) is 43.0 Å². The van der Waals surface area contributed by atoms with Gasteiger partial charge in [0.15, 0.2) is 0 Å². The summed E-state index contributed by atoms with van der Waals surface area (Å²) in [4.78, 5) is 16.0. The molecule has 1 aromatic heterocycles. The molecule has 3 heterocycles. The first kappa shape index (κ1) is 13.1. The van der Waals surface area contributed by atoms with Gasteiger partial charge in [0, 0.05) is 17.8 Å².